The summed E-state index contributed by atoms with van der Waals surface area (Å²) in [5.41, 5.74) is 0.828. The molecule has 1 saturated heterocycles. The maximum atomic E-state index is 12.2. The van der Waals surface area contributed by atoms with Gasteiger partial charge in [-0.25, -0.2) is 0 Å². The minimum Gasteiger partial charge on any atom is -0.353 e. The molecular weight excluding hydrogens is 245 g/mol. The van der Waals surface area contributed by atoms with Crippen LogP contribution in [0.4, 0.5) is 19.0 Å². The normalized spacial score (nSPS) is 18.1. The number of anilines is 1. The minimum atomic E-state index is -4.12. The molecule has 0 aliphatic carbocycles. The first-order chi connectivity index (χ1) is 8.44. The summed E-state index contributed by atoms with van der Waals surface area (Å²) < 4.78 is 36.7. The van der Waals surface area contributed by atoms with Crippen molar-refractivity contribution < 1.29 is 13.2 Å². The predicted octanol–water partition coefficient (Wildman–Crippen LogP) is 1.47. The number of nitrogens with zero attached hydrogens (tertiary/aromatic N) is 4. The van der Waals surface area contributed by atoms with Gasteiger partial charge in [0.05, 0.1) is 12.2 Å². The van der Waals surface area contributed by atoms with Crippen LogP contribution in [0.1, 0.15) is 5.69 Å². The smallest absolute Gasteiger partial charge is 0.353 e. The number of piperazine rings is 1. The Bertz CT molecular complexity index is 382. The van der Waals surface area contributed by atoms with Crippen molar-refractivity contribution in [3.05, 3.63) is 17.8 Å². The fraction of sp³-hybridized carbons (Fsp3) is 0.636. The third kappa shape index (κ3) is 3.56. The highest BCUT2D eigenvalue weighted by Crippen LogP contribution is 2.19. The number of aryl methyl sites for hydroxylation is 1. The van der Waals surface area contributed by atoms with Crippen LogP contribution in [0.2, 0.25) is 0 Å². The summed E-state index contributed by atoms with van der Waals surface area (Å²) in [6.07, 6.45) is -4.12. The number of rotatable bonds is 2. The number of halogens is 3. The molecular formula is C11H15F3N4. The first kappa shape index (κ1) is 13.1. The Morgan fingerprint density at radius 3 is 2.28 bits per heavy atom. The van der Waals surface area contributed by atoms with Crippen molar-refractivity contribution in [1.29, 1.82) is 0 Å². The molecule has 1 aromatic heterocycles. The van der Waals surface area contributed by atoms with Gasteiger partial charge in [-0.2, -0.15) is 18.3 Å². The van der Waals surface area contributed by atoms with Gasteiger partial charge in [0, 0.05) is 26.2 Å². The molecule has 2 heterocycles. The average Bonchev–Trinajstić information content (AvgIpc) is 2.29. The van der Waals surface area contributed by atoms with Crippen molar-refractivity contribution in [3.63, 3.8) is 0 Å². The molecule has 0 radical (unpaired) electrons. The van der Waals surface area contributed by atoms with Crippen molar-refractivity contribution in [2.24, 2.45) is 0 Å². The lowest BCUT2D eigenvalue weighted by Crippen LogP contribution is -2.49. The van der Waals surface area contributed by atoms with Gasteiger partial charge in [-0.3, -0.25) is 4.90 Å². The average molecular weight is 260 g/mol. The van der Waals surface area contributed by atoms with Crippen LogP contribution in [0.3, 0.4) is 0 Å². The molecule has 0 saturated carbocycles. The van der Waals surface area contributed by atoms with Gasteiger partial charge in [-0.1, -0.05) is 0 Å². The Balaban J connectivity index is 1.88. The van der Waals surface area contributed by atoms with E-state index < -0.39 is 12.7 Å². The molecule has 0 amide bonds. The fourth-order valence-electron chi connectivity index (χ4n) is 1.95. The van der Waals surface area contributed by atoms with Crippen LogP contribution < -0.4 is 4.90 Å². The molecule has 0 aromatic carbocycles. The molecule has 0 atom stereocenters. The molecule has 100 valence electrons. The van der Waals surface area contributed by atoms with E-state index in [1.54, 1.807) is 0 Å². The second-order valence-corrected chi connectivity index (χ2v) is 4.41. The van der Waals surface area contributed by atoms with Gasteiger partial charge in [0.2, 0.25) is 0 Å². The number of hydrogen-bond acceptors (Lipinski definition) is 4. The summed E-state index contributed by atoms with van der Waals surface area (Å²) in [5.74, 6) is 0.729. The van der Waals surface area contributed by atoms with Gasteiger partial charge in [0.25, 0.3) is 0 Å². The van der Waals surface area contributed by atoms with Crippen molar-refractivity contribution in [1.82, 2.24) is 15.1 Å². The lowest BCUT2D eigenvalue weighted by atomic mass is 10.3. The Kier molecular flexibility index (Phi) is 3.70. The van der Waals surface area contributed by atoms with E-state index in [-0.39, 0.29) is 0 Å². The molecule has 0 N–H and O–H groups in total. The number of alkyl halides is 3. The summed E-state index contributed by atoms with van der Waals surface area (Å²) in [6, 6.07) is 3.70. The quantitative estimate of drug-likeness (QED) is 0.806. The van der Waals surface area contributed by atoms with Crippen molar-refractivity contribution in [2.75, 3.05) is 37.6 Å². The van der Waals surface area contributed by atoms with E-state index in [1.807, 2.05) is 24.0 Å². The van der Waals surface area contributed by atoms with Gasteiger partial charge in [0.1, 0.15) is 0 Å². The first-order valence-corrected chi connectivity index (χ1v) is 5.78. The van der Waals surface area contributed by atoms with Gasteiger partial charge in [-0.05, 0) is 19.1 Å². The van der Waals surface area contributed by atoms with Crippen LogP contribution in [-0.2, 0) is 0 Å². The highest BCUT2D eigenvalue weighted by molar-refractivity contribution is 5.37. The van der Waals surface area contributed by atoms with Crippen molar-refractivity contribution in [3.8, 4) is 0 Å². The van der Waals surface area contributed by atoms with E-state index in [9.17, 15) is 13.2 Å². The predicted molar refractivity (Wildman–Crippen MR) is 61.5 cm³/mol. The maximum absolute atomic E-state index is 12.2. The zero-order valence-corrected chi connectivity index (χ0v) is 10.1. The standard InChI is InChI=1S/C11H15F3N4/c1-9-2-3-10(16-15-9)18-6-4-17(5-7-18)8-11(12,13)14/h2-3H,4-8H2,1H3. The molecule has 2 rings (SSSR count). The van der Waals surface area contributed by atoms with Gasteiger partial charge in [-0.15, -0.1) is 5.10 Å². The zero-order valence-electron chi connectivity index (χ0n) is 10.1. The topological polar surface area (TPSA) is 32.3 Å². The summed E-state index contributed by atoms with van der Waals surface area (Å²) in [7, 11) is 0. The number of hydrogen-bond donors (Lipinski definition) is 0. The monoisotopic (exact) mass is 260 g/mol. The van der Waals surface area contributed by atoms with Crippen LogP contribution in [0.5, 0.6) is 0 Å². The van der Waals surface area contributed by atoms with Gasteiger partial charge < -0.3 is 4.90 Å². The molecule has 0 bridgehead atoms. The van der Waals surface area contributed by atoms with E-state index >= 15 is 0 Å². The summed E-state index contributed by atoms with van der Waals surface area (Å²) in [6.45, 7) is 2.91. The van der Waals surface area contributed by atoms with Crippen LogP contribution in [0.25, 0.3) is 0 Å². The molecule has 1 fully saturated rings. The summed E-state index contributed by atoms with van der Waals surface area (Å²) in [5, 5.41) is 7.98. The Morgan fingerprint density at radius 1 is 1.11 bits per heavy atom. The van der Waals surface area contributed by atoms with Gasteiger partial charge in [0.15, 0.2) is 5.82 Å². The Morgan fingerprint density at radius 2 is 1.78 bits per heavy atom. The summed E-state index contributed by atoms with van der Waals surface area (Å²) >= 11 is 0. The number of aromatic nitrogens is 2. The van der Waals surface area contributed by atoms with Crippen LogP contribution in [-0.4, -0.2) is 54.0 Å². The van der Waals surface area contributed by atoms with E-state index in [0.29, 0.717) is 26.2 Å². The SMILES string of the molecule is Cc1ccc(N2CCN(CC(F)(F)F)CC2)nn1. The van der Waals surface area contributed by atoms with E-state index in [2.05, 4.69) is 10.2 Å². The lowest BCUT2D eigenvalue weighted by molar-refractivity contribution is -0.146. The molecule has 0 unspecified atom stereocenters. The molecule has 18 heavy (non-hydrogen) atoms. The highest BCUT2D eigenvalue weighted by atomic mass is 19.4. The minimum absolute atomic E-state index is 0.398. The van der Waals surface area contributed by atoms with Crippen LogP contribution in [0.15, 0.2) is 12.1 Å². The van der Waals surface area contributed by atoms with Crippen molar-refractivity contribution in [2.45, 2.75) is 13.1 Å². The van der Waals surface area contributed by atoms with E-state index in [1.165, 1.54) is 4.90 Å². The van der Waals surface area contributed by atoms with Crippen molar-refractivity contribution >= 4 is 5.82 Å². The molecule has 0 spiro atoms. The first-order valence-electron chi connectivity index (χ1n) is 5.78. The summed E-state index contributed by atoms with van der Waals surface area (Å²) in [4.78, 5) is 3.37. The molecule has 1 aliphatic heterocycles. The third-order valence-corrected chi connectivity index (χ3v) is 2.88. The zero-order chi connectivity index (χ0) is 13.2. The lowest BCUT2D eigenvalue weighted by Gasteiger charge is -2.35. The maximum Gasteiger partial charge on any atom is 0.401 e. The largest absolute Gasteiger partial charge is 0.401 e. The van der Waals surface area contributed by atoms with Gasteiger partial charge >= 0.3 is 6.18 Å². The molecule has 1 aromatic rings. The second kappa shape index (κ2) is 5.09. The Hall–Kier alpha value is -1.37. The van der Waals surface area contributed by atoms with Crippen LogP contribution >= 0.6 is 0 Å². The Labute approximate surface area is 103 Å². The molecule has 1 aliphatic rings. The van der Waals surface area contributed by atoms with E-state index in [4.69, 9.17) is 0 Å². The third-order valence-electron chi connectivity index (χ3n) is 2.88. The van der Waals surface area contributed by atoms with Crippen LogP contribution in [0, 0.1) is 6.92 Å². The second-order valence-electron chi connectivity index (χ2n) is 4.41. The molecule has 4 nitrogen and oxygen atoms in total. The molecule has 7 heteroatoms. The fourth-order valence-corrected chi connectivity index (χ4v) is 1.95. The van der Waals surface area contributed by atoms with E-state index in [0.717, 1.165) is 11.5 Å². The highest BCUT2D eigenvalue weighted by Gasteiger charge is 2.32.